The number of fused-ring (bicyclic) bond motifs is 3. The molecule has 3 rings (SSSR count). The quantitative estimate of drug-likeness (QED) is 0.704. The Bertz CT molecular complexity index is 669. The molecule has 0 aliphatic rings. The Morgan fingerprint density at radius 2 is 2.12 bits per heavy atom. The van der Waals surface area contributed by atoms with E-state index in [0.717, 1.165) is 11.0 Å². The highest BCUT2D eigenvalue weighted by atomic mass is 14.7. The Hall–Kier alpha value is -1.87. The third-order valence-electron chi connectivity index (χ3n) is 3.35. The van der Waals surface area contributed by atoms with Gasteiger partial charge in [0.15, 0.2) is 0 Å². The summed E-state index contributed by atoms with van der Waals surface area (Å²) in [6, 6.07) is 8.49. The summed E-state index contributed by atoms with van der Waals surface area (Å²) in [6.07, 6.45) is 3.71. The smallest absolute Gasteiger partial charge is 0.0495 e. The third-order valence-corrected chi connectivity index (χ3v) is 3.35. The molecule has 0 aliphatic heterocycles. The molecule has 3 aromatic rings. The van der Waals surface area contributed by atoms with E-state index in [9.17, 15) is 0 Å². The number of nitrogens with two attached hydrogens (primary N) is 1. The summed E-state index contributed by atoms with van der Waals surface area (Å²) < 4.78 is 0. The van der Waals surface area contributed by atoms with Gasteiger partial charge in [-0.05, 0) is 30.2 Å². The molecule has 0 radical (unpaired) electrons. The van der Waals surface area contributed by atoms with Crippen molar-refractivity contribution >= 4 is 21.8 Å². The molecule has 3 N–H and O–H groups in total. The number of pyridine rings is 1. The van der Waals surface area contributed by atoms with Crippen LogP contribution in [0.2, 0.25) is 0 Å². The predicted octanol–water partition coefficient (Wildman–Crippen LogP) is 2.78. The first kappa shape index (κ1) is 10.3. The van der Waals surface area contributed by atoms with E-state index in [1.54, 1.807) is 6.20 Å². The van der Waals surface area contributed by atoms with Gasteiger partial charge in [0.05, 0.1) is 0 Å². The number of aromatic amines is 1. The molecular formula is C14H15N3. The second-order valence-electron chi connectivity index (χ2n) is 4.49. The number of nitrogens with one attached hydrogen (secondary N) is 1. The van der Waals surface area contributed by atoms with Crippen LogP contribution in [0.15, 0.2) is 36.7 Å². The van der Waals surface area contributed by atoms with Crippen LogP contribution >= 0.6 is 0 Å². The van der Waals surface area contributed by atoms with Crippen molar-refractivity contribution in [2.24, 2.45) is 5.73 Å². The first-order valence-corrected chi connectivity index (χ1v) is 5.85. The van der Waals surface area contributed by atoms with Gasteiger partial charge >= 0.3 is 0 Å². The number of benzene rings is 1. The van der Waals surface area contributed by atoms with Crippen molar-refractivity contribution < 1.29 is 0 Å². The molecule has 0 amide bonds. The molecule has 1 atom stereocenters. The summed E-state index contributed by atoms with van der Waals surface area (Å²) >= 11 is 0. The van der Waals surface area contributed by atoms with Crippen LogP contribution < -0.4 is 5.73 Å². The second kappa shape index (κ2) is 3.86. The van der Waals surface area contributed by atoms with Crippen LogP contribution in [-0.4, -0.2) is 16.5 Å². The largest absolute Gasteiger partial charge is 0.354 e. The van der Waals surface area contributed by atoms with Crippen LogP contribution in [0, 0.1) is 0 Å². The highest BCUT2D eigenvalue weighted by molar-refractivity contribution is 6.06. The normalized spacial score (nSPS) is 13.3. The first-order chi connectivity index (χ1) is 8.29. The lowest BCUT2D eigenvalue weighted by Gasteiger charge is -2.08. The topological polar surface area (TPSA) is 54.7 Å². The molecule has 0 fully saturated rings. The number of hydrogen-bond acceptors (Lipinski definition) is 2. The summed E-state index contributed by atoms with van der Waals surface area (Å²) in [5.41, 5.74) is 9.27. The average molecular weight is 225 g/mol. The van der Waals surface area contributed by atoms with Crippen molar-refractivity contribution in [3.05, 3.63) is 42.2 Å². The first-order valence-electron chi connectivity index (χ1n) is 5.85. The zero-order chi connectivity index (χ0) is 11.8. The number of aromatic nitrogens is 2. The molecular weight excluding hydrogens is 210 g/mol. The van der Waals surface area contributed by atoms with Crippen molar-refractivity contribution in [2.75, 3.05) is 6.54 Å². The summed E-state index contributed by atoms with van der Waals surface area (Å²) in [4.78, 5) is 7.59. The van der Waals surface area contributed by atoms with E-state index in [4.69, 9.17) is 5.73 Å². The minimum absolute atomic E-state index is 0.393. The van der Waals surface area contributed by atoms with E-state index in [0.29, 0.717) is 12.5 Å². The van der Waals surface area contributed by atoms with Crippen LogP contribution in [-0.2, 0) is 0 Å². The van der Waals surface area contributed by atoms with Gasteiger partial charge in [-0.25, -0.2) is 0 Å². The van der Waals surface area contributed by atoms with Gasteiger partial charge in [-0.2, -0.15) is 0 Å². The molecule has 0 bridgehead atoms. The fourth-order valence-corrected chi connectivity index (χ4v) is 2.21. The van der Waals surface area contributed by atoms with Gasteiger partial charge in [0.1, 0.15) is 0 Å². The van der Waals surface area contributed by atoms with Crippen molar-refractivity contribution in [2.45, 2.75) is 12.8 Å². The Balaban J connectivity index is 2.26. The van der Waals surface area contributed by atoms with E-state index in [2.05, 4.69) is 35.1 Å². The molecule has 1 aromatic carbocycles. The minimum atomic E-state index is 0.393. The predicted molar refractivity (Wildman–Crippen MR) is 71.1 cm³/mol. The van der Waals surface area contributed by atoms with Gasteiger partial charge in [0, 0.05) is 34.2 Å². The Morgan fingerprint density at radius 3 is 2.94 bits per heavy atom. The molecule has 86 valence electrons. The summed E-state index contributed by atoms with van der Waals surface area (Å²) in [7, 11) is 0. The molecule has 2 heterocycles. The Labute approximate surface area is 99.7 Å². The standard InChI is InChI=1S/C14H15N3/c1-9(7-15)10-2-3-11-12-8-16-5-4-13(12)17-14(11)6-10/h2-6,8-9,17H,7,15H2,1H3. The lowest BCUT2D eigenvalue weighted by molar-refractivity contribution is 0.775. The van der Waals surface area contributed by atoms with Crippen LogP contribution in [0.4, 0.5) is 0 Å². The molecule has 1 unspecified atom stereocenters. The minimum Gasteiger partial charge on any atom is -0.354 e. The molecule has 2 aromatic heterocycles. The fourth-order valence-electron chi connectivity index (χ4n) is 2.21. The number of nitrogens with zero attached hydrogens (tertiary/aromatic N) is 1. The fraction of sp³-hybridized carbons (Fsp3) is 0.214. The van der Waals surface area contributed by atoms with Crippen LogP contribution in [0.5, 0.6) is 0 Å². The SMILES string of the molecule is CC(CN)c1ccc2c(c1)[nH]c1ccncc12. The van der Waals surface area contributed by atoms with Gasteiger partial charge in [-0.15, -0.1) is 0 Å². The lowest BCUT2D eigenvalue weighted by Crippen LogP contribution is -2.08. The van der Waals surface area contributed by atoms with E-state index in [1.807, 2.05) is 12.3 Å². The third kappa shape index (κ3) is 1.59. The molecule has 0 aliphatic carbocycles. The maximum absolute atomic E-state index is 5.70. The van der Waals surface area contributed by atoms with E-state index < -0.39 is 0 Å². The molecule has 17 heavy (non-hydrogen) atoms. The van der Waals surface area contributed by atoms with E-state index >= 15 is 0 Å². The van der Waals surface area contributed by atoms with Crippen molar-refractivity contribution in [1.29, 1.82) is 0 Å². The maximum Gasteiger partial charge on any atom is 0.0495 e. The van der Waals surface area contributed by atoms with Gasteiger partial charge in [0.25, 0.3) is 0 Å². The molecule has 3 nitrogen and oxygen atoms in total. The summed E-state index contributed by atoms with van der Waals surface area (Å²) in [5.74, 6) is 0.393. The number of hydrogen-bond donors (Lipinski definition) is 2. The zero-order valence-electron chi connectivity index (χ0n) is 9.77. The summed E-state index contributed by atoms with van der Waals surface area (Å²) in [5, 5.41) is 2.40. The molecule has 0 spiro atoms. The van der Waals surface area contributed by atoms with Gasteiger partial charge < -0.3 is 10.7 Å². The van der Waals surface area contributed by atoms with Crippen LogP contribution in [0.3, 0.4) is 0 Å². The monoisotopic (exact) mass is 225 g/mol. The Morgan fingerprint density at radius 1 is 1.24 bits per heavy atom. The van der Waals surface area contributed by atoms with Crippen molar-refractivity contribution in [3.63, 3.8) is 0 Å². The van der Waals surface area contributed by atoms with Gasteiger partial charge in [0.2, 0.25) is 0 Å². The number of H-pyrrole nitrogens is 1. The van der Waals surface area contributed by atoms with Crippen molar-refractivity contribution in [3.8, 4) is 0 Å². The Kier molecular flexibility index (Phi) is 2.34. The van der Waals surface area contributed by atoms with Gasteiger partial charge in [-0.3, -0.25) is 4.98 Å². The van der Waals surface area contributed by atoms with Crippen molar-refractivity contribution in [1.82, 2.24) is 9.97 Å². The van der Waals surface area contributed by atoms with Crippen LogP contribution in [0.1, 0.15) is 18.4 Å². The molecule has 0 saturated heterocycles. The summed E-state index contributed by atoms with van der Waals surface area (Å²) in [6.45, 7) is 2.82. The number of rotatable bonds is 2. The molecule has 3 heteroatoms. The van der Waals surface area contributed by atoms with Gasteiger partial charge in [-0.1, -0.05) is 19.1 Å². The van der Waals surface area contributed by atoms with Crippen LogP contribution in [0.25, 0.3) is 21.8 Å². The van der Waals surface area contributed by atoms with E-state index in [1.165, 1.54) is 16.3 Å². The highest BCUT2D eigenvalue weighted by Crippen LogP contribution is 2.27. The van der Waals surface area contributed by atoms with E-state index in [-0.39, 0.29) is 0 Å². The zero-order valence-corrected chi connectivity index (χ0v) is 9.77. The highest BCUT2D eigenvalue weighted by Gasteiger charge is 2.07. The second-order valence-corrected chi connectivity index (χ2v) is 4.49. The lowest BCUT2D eigenvalue weighted by atomic mass is 10.00. The molecule has 0 saturated carbocycles. The average Bonchev–Trinajstić information content (AvgIpc) is 2.75. The maximum atomic E-state index is 5.70.